The molecular weight excluding hydrogens is 244 g/mol. The van der Waals surface area contributed by atoms with Crippen LogP contribution in [0.2, 0.25) is 0 Å². The monoisotopic (exact) mass is 268 g/mol. The van der Waals surface area contributed by atoms with E-state index in [0.29, 0.717) is 26.2 Å². The second kappa shape index (κ2) is 6.37. The van der Waals surface area contributed by atoms with Crippen molar-refractivity contribution in [1.29, 1.82) is 0 Å². The molecule has 1 aliphatic carbocycles. The van der Waals surface area contributed by atoms with Crippen molar-refractivity contribution in [2.24, 2.45) is 5.92 Å². The highest BCUT2D eigenvalue weighted by atomic mass is 16.3. The van der Waals surface area contributed by atoms with Crippen molar-refractivity contribution < 1.29 is 14.7 Å². The number of carbonyl (C=O) groups is 2. The Hall–Kier alpha value is -1.10. The number of nitrogens with zero attached hydrogens (tertiary/aromatic N) is 2. The van der Waals surface area contributed by atoms with Gasteiger partial charge >= 0.3 is 0 Å². The third-order valence-electron chi connectivity index (χ3n) is 4.21. The van der Waals surface area contributed by atoms with Crippen LogP contribution in [0.5, 0.6) is 0 Å². The minimum absolute atomic E-state index is 0.202. The summed E-state index contributed by atoms with van der Waals surface area (Å²) < 4.78 is 0. The van der Waals surface area contributed by atoms with E-state index >= 15 is 0 Å². The molecule has 1 atom stereocenters. The molecule has 2 aliphatic rings. The van der Waals surface area contributed by atoms with Gasteiger partial charge in [-0.05, 0) is 19.8 Å². The van der Waals surface area contributed by atoms with E-state index in [-0.39, 0.29) is 17.7 Å². The molecule has 108 valence electrons. The summed E-state index contributed by atoms with van der Waals surface area (Å²) in [4.78, 5) is 27.5. The highest BCUT2D eigenvalue weighted by Gasteiger charge is 2.30. The first-order chi connectivity index (χ1) is 9.09. The van der Waals surface area contributed by atoms with Crippen LogP contribution >= 0.6 is 0 Å². The van der Waals surface area contributed by atoms with Crippen LogP contribution in [0, 0.1) is 5.92 Å². The molecule has 0 bridgehead atoms. The third kappa shape index (κ3) is 3.47. The molecule has 1 unspecified atom stereocenters. The fourth-order valence-corrected chi connectivity index (χ4v) is 3.02. The molecule has 5 heteroatoms. The highest BCUT2D eigenvalue weighted by Crippen LogP contribution is 2.25. The molecule has 1 saturated carbocycles. The Morgan fingerprint density at radius 3 is 2.05 bits per heavy atom. The van der Waals surface area contributed by atoms with E-state index in [1.807, 2.05) is 4.90 Å². The summed E-state index contributed by atoms with van der Waals surface area (Å²) >= 11 is 0. The summed E-state index contributed by atoms with van der Waals surface area (Å²) in [5, 5.41) is 9.28. The first-order valence-corrected chi connectivity index (χ1v) is 7.35. The van der Waals surface area contributed by atoms with Crippen LogP contribution in [-0.2, 0) is 9.59 Å². The van der Waals surface area contributed by atoms with Gasteiger partial charge in [-0.25, -0.2) is 0 Å². The summed E-state index contributed by atoms with van der Waals surface area (Å²) in [6.07, 6.45) is 4.67. The summed E-state index contributed by atoms with van der Waals surface area (Å²) in [6, 6.07) is 0. The standard InChI is InChI=1S/C14H24N2O3/c1-11(17)13(18)15-7-9-16(10-8-15)14(19)12-5-3-2-4-6-12/h11-12,17H,2-10H2,1H3. The van der Waals surface area contributed by atoms with Crippen molar-refractivity contribution in [2.45, 2.75) is 45.1 Å². The Balaban J connectivity index is 1.82. The summed E-state index contributed by atoms with van der Waals surface area (Å²) in [5.74, 6) is 0.237. The van der Waals surface area contributed by atoms with Crippen molar-refractivity contribution in [3.05, 3.63) is 0 Å². The van der Waals surface area contributed by atoms with Crippen LogP contribution in [0.1, 0.15) is 39.0 Å². The molecule has 2 amide bonds. The van der Waals surface area contributed by atoms with Crippen LogP contribution in [0.3, 0.4) is 0 Å². The van der Waals surface area contributed by atoms with Gasteiger partial charge in [-0.3, -0.25) is 9.59 Å². The lowest BCUT2D eigenvalue weighted by atomic mass is 9.88. The number of hydrogen-bond acceptors (Lipinski definition) is 3. The number of amides is 2. The van der Waals surface area contributed by atoms with Crippen molar-refractivity contribution in [1.82, 2.24) is 9.80 Å². The zero-order valence-corrected chi connectivity index (χ0v) is 11.7. The molecule has 1 heterocycles. The second-order valence-corrected chi connectivity index (χ2v) is 5.66. The number of rotatable bonds is 2. The van der Waals surface area contributed by atoms with Crippen LogP contribution < -0.4 is 0 Å². The average molecular weight is 268 g/mol. The van der Waals surface area contributed by atoms with Crippen molar-refractivity contribution in [3.8, 4) is 0 Å². The Labute approximate surface area is 114 Å². The maximum Gasteiger partial charge on any atom is 0.251 e. The number of aliphatic hydroxyl groups excluding tert-OH is 1. The zero-order valence-electron chi connectivity index (χ0n) is 11.7. The van der Waals surface area contributed by atoms with Gasteiger partial charge in [0.15, 0.2) is 0 Å². The van der Waals surface area contributed by atoms with Gasteiger partial charge in [0, 0.05) is 32.1 Å². The smallest absolute Gasteiger partial charge is 0.251 e. The number of carbonyl (C=O) groups excluding carboxylic acids is 2. The summed E-state index contributed by atoms with van der Waals surface area (Å²) in [5.41, 5.74) is 0. The lowest BCUT2D eigenvalue weighted by Gasteiger charge is -2.37. The van der Waals surface area contributed by atoms with Crippen molar-refractivity contribution >= 4 is 11.8 Å². The Morgan fingerprint density at radius 1 is 1.00 bits per heavy atom. The molecule has 19 heavy (non-hydrogen) atoms. The Kier molecular flexibility index (Phi) is 4.80. The molecule has 0 aromatic carbocycles. The van der Waals surface area contributed by atoms with Gasteiger partial charge in [0.1, 0.15) is 6.10 Å². The first-order valence-electron chi connectivity index (χ1n) is 7.35. The van der Waals surface area contributed by atoms with Gasteiger partial charge in [0.05, 0.1) is 0 Å². The molecule has 0 aromatic rings. The Morgan fingerprint density at radius 2 is 1.53 bits per heavy atom. The second-order valence-electron chi connectivity index (χ2n) is 5.66. The maximum absolute atomic E-state index is 12.3. The minimum Gasteiger partial charge on any atom is -0.384 e. The minimum atomic E-state index is -0.944. The predicted octanol–water partition coefficient (Wildman–Crippen LogP) is 0.618. The normalized spacial score (nSPS) is 23.3. The lowest BCUT2D eigenvalue weighted by molar-refractivity contribution is -0.146. The van der Waals surface area contributed by atoms with E-state index in [0.717, 1.165) is 25.7 Å². The fraction of sp³-hybridized carbons (Fsp3) is 0.857. The van der Waals surface area contributed by atoms with E-state index in [4.69, 9.17) is 0 Å². The van der Waals surface area contributed by atoms with Crippen molar-refractivity contribution in [3.63, 3.8) is 0 Å². The van der Waals surface area contributed by atoms with Gasteiger partial charge in [-0.15, -0.1) is 0 Å². The van der Waals surface area contributed by atoms with E-state index in [1.54, 1.807) is 4.90 Å². The first kappa shape index (κ1) is 14.3. The van der Waals surface area contributed by atoms with Crippen LogP contribution in [-0.4, -0.2) is 59.0 Å². The fourth-order valence-electron chi connectivity index (χ4n) is 3.02. The number of aliphatic hydroxyl groups is 1. The van der Waals surface area contributed by atoms with Gasteiger partial charge in [0.25, 0.3) is 5.91 Å². The van der Waals surface area contributed by atoms with Crippen LogP contribution in [0.15, 0.2) is 0 Å². The molecule has 2 fully saturated rings. The van der Waals surface area contributed by atoms with E-state index in [2.05, 4.69) is 0 Å². The molecule has 2 rings (SSSR count). The SMILES string of the molecule is CC(O)C(=O)N1CCN(C(=O)C2CCCCC2)CC1. The predicted molar refractivity (Wildman–Crippen MR) is 71.4 cm³/mol. The molecule has 1 saturated heterocycles. The molecule has 0 spiro atoms. The Bertz CT molecular complexity index is 330. The van der Waals surface area contributed by atoms with Gasteiger partial charge in [-0.2, -0.15) is 0 Å². The highest BCUT2D eigenvalue weighted by molar-refractivity contribution is 5.81. The van der Waals surface area contributed by atoms with Gasteiger partial charge in [0.2, 0.25) is 5.91 Å². The zero-order chi connectivity index (χ0) is 13.8. The largest absolute Gasteiger partial charge is 0.384 e. The average Bonchev–Trinajstić information content (AvgIpc) is 2.46. The molecule has 0 aromatic heterocycles. The molecule has 0 radical (unpaired) electrons. The summed E-state index contributed by atoms with van der Waals surface area (Å²) in [7, 11) is 0. The lowest BCUT2D eigenvalue weighted by Crippen LogP contribution is -2.53. The van der Waals surface area contributed by atoms with Crippen molar-refractivity contribution in [2.75, 3.05) is 26.2 Å². The number of piperazine rings is 1. The molecule has 1 N–H and O–H groups in total. The quantitative estimate of drug-likeness (QED) is 0.798. The van der Waals surface area contributed by atoms with E-state index in [9.17, 15) is 14.7 Å². The van der Waals surface area contributed by atoms with Gasteiger partial charge in [-0.1, -0.05) is 19.3 Å². The third-order valence-corrected chi connectivity index (χ3v) is 4.21. The maximum atomic E-state index is 12.3. The van der Waals surface area contributed by atoms with Crippen LogP contribution in [0.25, 0.3) is 0 Å². The van der Waals surface area contributed by atoms with Gasteiger partial charge < -0.3 is 14.9 Å². The topological polar surface area (TPSA) is 60.9 Å². The number of hydrogen-bond donors (Lipinski definition) is 1. The van der Waals surface area contributed by atoms with E-state index < -0.39 is 6.10 Å². The molecular formula is C14H24N2O3. The summed E-state index contributed by atoms with van der Waals surface area (Å²) in [6.45, 7) is 3.79. The van der Waals surface area contributed by atoms with Crippen LogP contribution in [0.4, 0.5) is 0 Å². The van der Waals surface area contributed by atoms with E-state index in [1.165, 1.54) is 13.3 Å². The molecule has 1 aliphatic heterocycles. The molecule has 5 nitrogen and oxygen atoms in total.